The van der Waals surface area contributed by atoms with Crippen molar-refractivity contribution in [1.29, 1.82) is 0 Å². The first-order valence-electron chi connectivity index (χ1n) is 7.73. The van der Waals surface area contributed by atoms with Crippen molar-refractivity contribution in [2.75, 3.05) is 26.8 Å². The summed E-state index contributed by atoms with van der Waals surface area (Å²) in [5.41, 5.74) is 0.587. The van der Waals surface area contributed by atoms with Crippen LogP contribution in [0.5, 0.6) is 0 Å². The van der Waals surface area contributed by atoms with E-state index in [-0.39, 0.29) is 5.54 Å². The Labute approximate surface area is 120 Å². The van der Waals surface area contributed by atoms with Crippen molar-refractivity contribution in [3.05, 3.63) is 0 Å². The average Bonchev–Trinajstić information content (AvgIpc) is 2.35. The molecule has 1 N–H and O–H groups in total. The number of hydrogen-bond acceptors (Lipinski definition) is 3. The van der Waals surface area contributed by atoms with E-state index in [0.29, 0.717) is 17.5 Å². The second-order valence-electron chi connectivity index (χ2n) is 7.43. The molecule has 1 rings (SSSR count). The summed E-state index contributed by atoms with van der Waals surface area (Å²) in [5, 5.41) is 3.77. The van der Waals surface area contributed by atoms with E-state index in [1.54, 1.807) is 7.11 Å². The Morgan fingerprint density at radius 3 is 2.53 bits per heavy atom. The zero-order valence-electron chi connectivity index (χ0n) is 14.0. The lowest BCUT2D eigenvalue weighted by Crippen LogP contribution is -2.67. The van der Waals surface area contributed by atoms with Gasteiger partial charge in [0.2, 0.25) is 0 Å². The van der Waals surface area contributed by atoms with Crippen molar-refractivity contribution in [3.63, 3.8) is 0 Å². The number of hydrogen-bond donors (Lipinski definition) is 1. The molecular formula is C16H34N2O. The molecule has 19 heavy (non-hydrogen) atoms. The molecule has 0 aromatic carbocycles. The molecule has 1 saturated heterocycles. The first kappa shape index (κ1) is 16.9. The summed E-state index contributed by atoms with van der Waals surface area (Å²) in [7, 11) is 1.79. The first-order chi connectivity index (χ1) is 8.74. The molecule has 3 nitrogen and oxygen atoms in total. The van der Waals surface area contributed by atoms with Crippen LogP contribution < -0.4 is 5.32 Å². The lowest BCUT2D eigenvalue weighted by Gasteiger charge is -2.53. The van der Waals surface area contributed by atoms with Gasteiger partial charge in [0.25, 0.3) is 0 Å². The van der Waals surface area contributed by atoms with Crippen LogP contribution in [0.3, 0.4) is 0 Å². The Hall–Kier alpha value is -0.120. The van der Waals surface area contributed by atoms with Gasteiger partial charge in [0.05, 0.1) is 0 Å². The van der Waals surface area contributed by atoms with Crippen molar-refractivity contribution in [1.82, 2.24) is 10.2 Å². The molecule has 1 heterocycles. The summed E-state index contributed by atoms with van der Waals surface area (Å²) >= 11 is 0. The van der Waals surface area contributed by atoms with Crippen LogP contribution in [0.1, 0.15) is 54.4 Å². The zero-order chi connectivity index (χ0) is 14.7. The molecule has 114 valence electrons. The van der Waals surface area contributed by atoms with Gasteiger partial charge in [-0.25, -0.2) is 0 Å². The maximum atomic E-state index is 5.26. The molecule has 0 aromatic heterocycles. The topological polar surface area (TPSA) is 24.5 Å². The molecular weight excluding hydrogens is 236 g/mol. The van der Waals surface area contributed by atoms with Gasteiger partial charge in [-0.05, 0) is 32.1 Å². The molecule has 0 saturated carbocycles. The Balaban J connectivity index is 2.79. The third kappa shape index (κ3) is 4.17. The molecule has 3 atom stereocenters. The van der Waals surface area contributed by atoms with Crippen molar-refractivity contribution in [2.24, 2.45) is 5.41 Å². The number of methoxy groups -OCH3 is 1. The Kier molecular flexibility index (Phi) is 5.84. The predicted molar refractivity (Wildman–Crippen MR) is 82.6 cm³/mol. The summed E-state index contributed by atoms with van der Waals surface area (Å²) in [4.78, 5) is 2.71. The summed E-state index contributed by atoms with van der Waals surface area (Å²) in [6, 6.07) is 1.15. The van der Waals surface area contributed by atoms with Crippen LogP contribution in [0.15, 0.2) is 0 Å². The maximum absolute atomic E-state index is 5.26. The molecule has 1 fully saturated rings. The number of piperazine rings is 1. The summed E-state index contributed by atoms with van der Waals surface area (Å²) in [6.07, 6.45) is 2.30. The first-order valence-corrected chi connectivity index (χ1v) is 7.73. The summed E-state index contributed by atoms with van der Waals surface area (Å²) < 4.78 is 5.26. The molecule has 0 aliphatic carbocycles. The quantitative estimate of drug-likeness (QED) is 0.831. The van der Waals surface area contributed by atoms with E-state index in [1.165, 1.54) is 6.42 Å². The van der Waals surface area contributed by atoms with Crippen molar-refractivity contribution in [2.45, 2.75) is 72.0 Å². The van der Waals surface area contributed by atoms with Gasteiger partial charge >= 0.3 is 0 Å². The SMILES string of the molecule is CCC1(C)CNC(C(C)(C)C)CN1C(C)CCOC. The molecule has 0 bridgehead atoms. The molecule has 1 aliphatic rings. The molecule has 3 unspecified atom stereocenters. The fourth-order valence-corrected chi connectivity index (χ4v) is 2.99. The van der Waals surface area contributed by atoms with E-state index >= 15 is 0 Å². The fraction of sp³-hybridized carbons (Fsp3) is 1.00. The Morgan fingerprint density at radius 1 is 1.42 bits per heavy atom. The fourth-order valence-electron chi connectivity index (χ4n) is 2.99. The second-order valence-corrected chi connectivity index (χ2v) is 7.43. The van der Waals surface area contributed by atoms with Gasteiger partial charge in [-0.2, -0.15) is 0 Å². The van der Waals surface area contributed by atoms with Crippen LogP contribution in [-0.4, -0.2) is 49.3 Å². The molecule has 0 aromatic rings. The van der Waals surface area contributed by atoms with E-state index in [0.717, 1.165) is 26.1 Å². The number of rotatable bonds is 5. The van der Waals surface area contributed by atoms with E-state index in [2.05, 4.69) is 51.8 Å². The van der Waals surface area contributed by atoms with E-state index in [9.17, 15) is 0 Å². The van der Waals surface area contributed by atoms with Gasteiger partial charge in [0.15, 0.2) is 0 Å². The normalized spacial score (nSPS) is 31.4. The number of nitrogens with one attached hydrogen (secondary N) is 1. The lowest BCUT2D eigenvalue weighted by atomic mass is 9.81. The minimum absolute atomic E-state index is 0.273. The largest absolute Gasteiger partial charge is 0.385 e. The minimum Gasteiger partial charge on any atom is -0.385 e. The van der Waals surface area contributed by atoms with E-state index in [4.69, 9.17) is 4.74 Å². The standard InChI is InChI=1S/C16H34N2O/c1-8-16(6)12-17-14(15(3,4)5)11-18(16)13(2)9-10-19-7/h13-14,17H,8-12H2,1-7H3. The number of ether oxygens (including phenoxy) is 1. The minimum atomic E-state index is 0.273. The van der Waals surface area contributed by atoms with Crippen molar-refractivity contribution < 1.29 is 4.74 Å². The van der Waals surface area contributed by atoms with Crippen LogP contribution in [0.2, 0.25) is 0 Å². The van der Waals surface area contributed by atoms with Crippen LogP contribution >= 0.6 is 0 Å². The highest BCUT2D eigenvalue weighted by Gasteiger charge is 2.41. The zero-order valence-corrected chi connectivity index (χ0v) is 14.0. The highest BCUT2D eigenvalue weighted by molar-refractivity contribution is 5.00. The summed E-state index contributed by atoms with van der Waals surface area (Å²) in [6.45, 7) is 17.1. The second kappa shape index (κ2) is 6.55. The molecule has 0 radical (unpaired) electrons. The predicted octanol–water partition coefficient (Wildman–Crippen LogP) is 2.90. The van der Waals surface area contributed by atoms with E-state index < -0.39 is 0 Å². The highest BCUT2D eigenvalue weighted by atomic mass is 16.5. The van der Waals surface area contributed by atoms with Crippen molar-refractivity contribution >= 4 is 0 Å². The van der Waals surface area contributed by atoms with Crippen molar-refractivity contribution in [3.8, 4) is 0 Å². The van der Waals surface area contributed by atoms with Crippen LogP contribution in [0.4, 0.5) is 0 Å². The summed E-state index contributed by atoms with van der Waals surface area (Å²) in [5.74, 6) is 0. The Morgan fingerprint density at radius 2 is 2.05 bits per heavy atom. The van der Waals surface area contributed by atoms with E-state index in [1.807, 2.05) is 0 Å². The third-order valence-corrected chi connectivity index (χ3v) is 4.88. The number of nitrogens with zero attached hydrogens (tertiary/aromatic N) is 1. The van der Waals surface area contributed by atoms with Gasteiger partial charge in [-0.1, -0.05) is 27.7 Å². The highest BCUT2D eigenvalue weighted by Crippen LogP contribution is 2.31. The van der Waals surface area contributed by atoms with Crippen LogP contribution in [-0.2, 0) is 4.74 Å². The molecule has 0 spiro atoms. The molecule has 0 amide bonds. The van der Waals surface area contributed by atoms with Crippen LogP contribution in [0, 0.1) is 5.41 Å². The average molecular weight is 270 g/mol. The van der Waals surface area contributed by atoms with Gasteiger partial charge in [-0.3, -0.25) is 4.90 Å². The monoisotopic (exact) mass is 270 g/mol. The van der Waals surface area contributed by atoms with Crippen LogP contribution in [0.25, 0.3) is 0 Å². The lowest BCUT2D eigenvalue weighted by molar-refractivity contribution is -0.0137. The maximum Gasteiger partial charge on any atom is 0.0477 e. The Bertz CT molecular complexity index is 274. The third-order valence-electron chi connectivity index (χ3n) is 4.88. The van der Waals surface area contributed by atoms with Gasteiger partial charge in [0.1, 0.15) is 0 Å². The van der Waals surface area contributed by atoms with Gasteiger partial charge in [-0.15, -0.1) is 0 Å². The van der Waals surface area contributed by atoms with Gasteiger partial charge < -0.3 is 10.1 Å². The smallest absolute Gasteiger partial charge is 0.0477 e. The van der Waals surface area contributed by atoms with Gasteiger partial charge in [0, 0.05) is 44.4 Å². The molecule has 1 aliphatic heterocycles. The molecule has 3 heteroatoms.